The molecule has 0 heterocycles. The molecule has 0 N–H and O–H groups in total. The van der Waals surface area contributed by atoms with E-state index in [9.17, 15) is 15.0 Å². The molecule has 1 aromatic carbocycles. The molecule has 0 aliphatic heterocycles. The molecule has 68 valence electrons. The second-order valence-electron chi connectivity index (χ2n) is 2.20. The number of rotatable bonds is 3. The summed E-state index contributed by atoms with van der Waals surface area (Å²) in [6.07, 6.45) is 0. The molecule has 6 heteroatoms. The van der Waals surface area contributed by atoms with Crippen molar-refractivity contribution in [1.82, 2.24) is 0 Å². The molecule has 1 aromatic rings. The van der Waals surface area contributed by atoms with Crippen LogP contribution in [-0.2, 0) is 0 Å². The minimum absolute atomic E-state index is 0.0725. The van der Waals surface area contributed by atoms with Crippen molar-refractivity contribution in [2.45, 2.75) is 0 Å². The van der Waals surface area contributed by atoms with Crippen LogP contribution in [0.5, 0.6) is 5.75 Å². The Balaban J connectivity index is 3.20. The van der Waals surface area contributed by atoms with E-state index >= 15 is 0 Å². The zero-order valence-corrected chi connectivity index (χ0v) is 6.76. The third-order valence-electron chi connectivity index (χ3n) is 1.47. The van der Waals surface area contributed by atoms with Gasteiger partial charge in [0, 0.05) is 12.1 Å². The van der Waals surface area contributed by atoms with Gasteiger partial charge in [0.05, 0.1) is 12.0 Å². The Hall–Kier alpha value is -1.98. The second kappa shape index (κ2) is 3.61. The van der Waals surface area contributed by atoms with Crippen molar-refractivity contribution in [3.63, 3.8) is 0 Å². The lowest BCUT2D eigenvalue weighted by Crippen LogP contribution is -1.89. The van der Waals surface area contributed by atoms with Gasteiger partial charge in [-0.25, -0.2) is 0 Å². The average molecular weight is 182 g/mol. The summed E-state index contributed by atoms with van der Waals surface area (Å²) in [7, 11) is 1.36. The molecule has 0 spiro atoms. The first kappa shape index (κ1) is 9.11. The van der Waals surface area contributed by atoms with Gasteiger partial charge in [0.15, 0.2) is 5.69 Å². The highest BCUT2D eigenvalue weighted by molar-refractivity contribution is 5.57. The second-order valence-corrected chi connectivity index (χ2v) is 2.20. The Labute approximate surface area is 73.3 Å². The number of non-ortho nitro benzene ring substituents is 1. The number of benzene rings is 1. The first-order valence-electron chi connectivity index (χ1n) is 3.35. The standard InChI is InChI=1S/C7H6N2O4/c1-13-7-3-2-5(9(11)12)4-6(7)8-10/h2-4H,1H3. The molecule has 0 bridgehead atoms. The maximum atomic E-state index is 10.3. The Morgan fingerprint density at radius 2 is 2.23 bits per heavy atom. The Kier molecular flexibility index (Phi) is 2.53. The number of hydrogen-bond acceptors (Lipinski definition) is 5. The lowest BCUT2D eigenvalue weighted by Gasteiger charge is -2.00. The summed E-state index contributed by atoms with van der Waals surface area (Å²) in [5.74, 6) is 0.223. The molecule has 6 nitrogen and oxygen atoms in total. The minimum atomic E-state index is -0.603. The smallest absolute Gasteiger partial charge is 0.271 e. The van der Waals surface area contributed by atoms with Crippen molar-refractivity contribution in [2.24, 2.45) is 5.18 Å². The lowest BCUT2D eigenvalue weighted by molar-refractivity contribution is -0.384. The fraction of sp³-hybridized carbons (Fsp3) is 0.143. The first-order valence-corrected chi connectivity index (χ1v) is 3.35. The summed E-state index contributed by atoms with van der Waals surface area (Å²) in [5, 5.41) is 12.9. The lowest BCUT2D eigenvalue weighted by atomic mass is 10.2. The molecular formula is C7H6N2O4. The van der Waals surface area contributed by atoms with E-state index in [2.05, 4.69) is 5.18 Å². The van der Waals surface area contributed by atoms with Crippen LogP contribution in [0.2, 0.25) is 0 Å². The SMILES string of the molecule is COc1ccc([N+](=O)[O-])cc1N=O. The number of methoxy groups -OCH3 is 1. The van der Waals surface area contributed by atoms with Crippen molar-refractivity contribution in [3.8, 4) is 5.75 Å². The zero-order chi connectivity index (χ0) is 9.84. The van der Waals surface area contributed by atoms with Crippen LogP contribution in [0.4, 0.5) is 11.4 Å². The summed E-state index contributed by atoms with van der Waals surface area (Å²) >= 11 is 0. The van der Waals surface area contributed by atoms with E-state index in [1.54, 1.807) is 0 Å². The maximum absolute atomic E-state index is 10.3. The molecule has 0 amide bonds. The third kappa shape index (κ3) is 1.78. The number of nitrogens with zero attached hydrogens (tertiary/aromatic N) is 2. The topological polar surface area (TPSA) is 81.8 Å². The van der Waals surface area contributed by atoms with Crippen molar-refractivity contribution in [2.75, 3.05) is 7.11 Å². The van der Waals surface area contributed by atoms with Gasteiger partial charge in [-0.05, 0) is 11.2 Å². The van der Waals surface area contributed by atoms with Crippen molar-refractivity contribution in [1.29, 1.82) is 0 Å². The summed E-state index contributed by atoms with van der Waals surface area (Å²) in [5.41, 5.74) is -0.257. The Bertz CT molecular complexity index is 350. The van der Waals surface area contributed by atoms with Gasteiger partial charge in [0.25, 0.3) is 5.69 Å². The van der Waals surface area contributed by atoms with E-state index in [1.165, 1.54) is 19.2 Å². The maximum Gasteiger partial charge on any atom is 0.271 e. The Morgan fingerprint density at radius 3 is 2.69 bits per heavy atom. The third-order valence-corrected chi connectivity index (χ3v) is 1.47. The van der Waals surface area contributed by atoms with Gasteiger partial charge in [0.2, 0.25) is 0 Å². The van der Waals surface area contributed by atoms with Crippen LogP contribution in [-0.4, -0.2) is 12.0 Å². The molecule has 1 rings (SSSR count). The molecular weight excluding hydrogens is 176 g/mol. The highest BCUT2D eigenvalue weighted by Gasteiger charge is 2.11. The molecule has 0 saturated heterocycles. The van der Waals surface area contributed by atoms with Gasteiger partial charge in [-0.3, -0.25) is 10.1 Å². The molecule has 0 radical (unpaired) electrons. The fourth-order valence-electron chi connectivity index (χ4n) is 0.863. The largest absolute Gasteiger partial charge is 0.494 e. The van der Waals surface area contributed by atoms with Gasteiger partial charge in [-0.1, -0.05) is 0 Å². The van der Waals surface area contributed by atoms with E-state index in [0.717, 1.165) is 6.07 Å². The van der Waals surface area contributed by atoms with Crippen LogP contribution in [0.15, 0.2) is 23.4 Å². The average Bonchev–Trinajstić information content (AvgIpc) is 2.16. The zero-order valence-electron chi connectivity index (χ0n) is 6.76. The monoisotopic (exact) mass is 182 g/mol. The molecule has 0 fully saturated rings. The highest BCUT2D eigenvalue weighted by atomic mass is 16.6. The van der Waals surface area contributed by atoms with Gasteiger partial charge in [0.1, 0.15) is 5.75 Å². The normalized spacial score (nSPS) is 9.31. The predicted molar refractivity (Wildman–Crippen MR) is 45.1 cm³/mol. The number of hydrogen-bond donors (Lipinski definition) is 0. The molecule has 13 heavy (non-hydrogen) atoms. The first-order chi connectivity index (χ1) is 6.19. The van der Waals surface area contributed by atoms with Crippen molar-refractivity contribution in [3.05, 3.63) is 33.2 Å². The van der Waals surface area contributed by atoms with E-state index in [-0.39, 0.29) is 17.1 Å². The van der Waals surface area contributed by atoms with Gasteiger partial charge in [-0.15, -0.1) is 4.91 Å². The van der Waals surface area contributed by atoms with Crippen LogP contribution in [0.1, 0.15) is 0 Å². The van der Waals surface area contributed by atoms with Gasteiger partial charge < -0.3 is 4.74 Å². The molecule has 0 saturated carbocycles. The molecule has 0 atom stereocenters. The quantitative estimate of drug-likeness (QED) is 0.406. The van der Waals surface area contributed by atoms with E-state index < -0.39 is 4.92 Å². The summed E-state index contributed by atoms with van der Waals surface area (Å²) in [4.78, 5) is 19.9. The van der Waals surface area contributed by atoms with Crippen LogP contribution in [0.3, 0.4) is 0 Å². The molecule has 0 aliphatic carbocycles. The predicted octanol–water partition coefficient (Wildman–Crippen LogP) is 2.00. The molecule has 0 aliphatic rings. The number of nitro benzene ring substituents is 1. The van der Waals surface area contributed by atoms with Crippen molar-refractivity contribution < 1.29 is 9.66 Å². The van der Waals surface area contributed by atoms with E-state index in [0.29, 0.717) is 0 Å². The van der Waals surface area contributed by atoms with Crippen LogP contribution in [0, 0.1) is 15.0 Å². The Morgan fingerprint density at radius 1 is 1.54 bits per heavy atom. The van der Waals surface area contributed by atoms with Crippen LogP contribution in [0.25, 0.3) is 0 Å². The van der Waals surface area contributed by atoms with E-state index in [4.69, 9.17) is 4.74 Å². The molecule has 0 unspecified atom stereocenters. The van der Waals surface area contributed by atoms with Crippen molar-refractivity contribution >= 4 is 11.4 Å². The van der Waals surface area contributed by atoms with Crippen LogP contribution >= 0.6 is 0 Å². The van der Waals surface area contributed by atoms with E-state index in [1.807, 2.05) is 0 Å². The number of nitro groups is 1. The summed E-state index contributed by atoms with van der Waals surface area (Å²) in [6, 6.07) is 3.63. The summed E-state index contributed by atoms with van der Waals surface area (Å²) < 4.78 is 4.75. The van der Waals surface area contributed by atoms with Crippen LogP contribution < -0.4 is 4.74 Å². The number of nitroso groups, excluding NO2 is 1. The highest BCUT2D eigenvalue weighted by Crippen LogP contribution is 2.30. The molecule has 0 aromatic heterocycles. The fourth-order valence-corrected chi connectivity index (χ4v) is 0.863. The summed E-state index contributed by atoms with van der Waals surface area (Å²) in [6.45, 7) is 0. The number of ether oxygens (including phenoxy) is 1. The van der Waals surface area contributed by atoms with Gasteiger partial charge in [-0.2, -0.15) is 0 Å². The minimum Gasteiger partial charge on any atom is -0.494 e. The van der Waals surface area contributed by atoms with Gasteiger partial charge >= 0.3 is 0 Å².